The molecule has 8 unspecified atom stereocenters. The van der Waals surface area contributed by atoms with E-state index >= 15 is 0 Å². The molecule has 0 radical (unpaired) electrons. The quantitative estimate of drug-likeness (QED) is 0.577. The summed E-state index contributed by atoms with van der Waals surface area (Å²) in [5.41, 5.74) is -0.768. The van der Waals surface area contributed by atoms with E-state index < -0.39 is 23.5 Å². The molecule has 4 heteroatoms. The Morgan fingerprint density at radius 2 is 1.36 bits per heavy atom. The van der Waals surface area contributed by atoms with Gasteiger partial charge in [-0.1, -0.05) is 69.2 Å². The molecule has 0 aromatic rings. The van der Waals surface area contributed by atoms with E-state index in [0.717, 1.165) is 6.42 Å². The number of rotatable bonds is 0. The monoisotopic (exact) mass is 396 g/mol. The van der Waals surface area contributed by atoms with Gasteiger partial charge in [-0.2, -0.15) is 0 Å². The molecular formula is C24H44O4. The van der Waals surface area contributed by atoms with Gasteiger partial charge in [-0.15, -0.1) is 0 Å². The van der Waals surface area contributed by atoms with Gasteiger partial charge in [0, 0.05) is 17.3 Å². The second-order valence-corrected chi connectivity index (χ2v) is 10.9. The Labute approximate surface area is 172 Å². The SMILES string of the molecule is CC1CC(C)(C)C(C)C(C)C(C)C(C)C(=O)OC(C)C(C)(C)C(O)C(C)C1=O. The molecule has 1 saturated heterocycles. The molecule has 1 N–H and O–H groups in total. The predicted molar refractivity (Wildman–Crippen MR) is 114 cm³/mol. The number of hydrogen-bond donors (Lipinski definition) is 1. The average molecular weight is 397 g/mol. The summed E-state index contributed by atoms with van der Waals surface area (Å²) in [6.07, 6.45) is -0.585. The third-order valence-corrected chi connectivity index (χ3v) is 8.35. The molecule has 28 heavy (non-hydrogen) atoms. The first-order chi connectivity index (χ1) is 12.6. The number of Topliss-reactive ketones (excluding diaryl/α,β-unsaturated/α-hetero) is 1. The highest BCUT2D eigenvalue weighted by Gasteiger charge is 2.45. The Balaban J connectivity index is 3.37. The minimum atomic E-state index is -0.875. The lowest BCUT2D eigenvalue weighted by Gasteiger charge is -2.43. The van der Waals surface area contributed by atoms with Gasteiger partial charge in [0.15, 0.2) is 0 Å². The van der Waals surface area contributed by atoms with Gasteiger partial charge in [-0.25, -0.2) is 0 Å². The number of cyclic esters (lactones) is 1. The van der Waals surface area contributed by atoms with Crippen LogP contribution in [-0.4, -0.2) is 29.1 Å². The highest BCUT2D eigenvalue weighted by atomic mass is 16.5. The lowest BCUT2D eigenvalue weighted by Crippen LogP contribution is -2.48. The van der Waals surface area contributed by atoms with Crippen molar-refractivity contribution < 1.29 is 19.4 Å². The summed E-state index contributed by atoms with van der Waals surface area (Å²) in [5.74, 6) is -0.170. The van der Waals surface area contributed by atoms with E-state index in [4.69, 9.17) is 4.74 Å². The Morgan fingerprint density at radius 3 is 1.86 bits per heavy atom. The van der Waals surface area contributed by atoms with Crippen molar-refractivity contribution in [1.29, 1.82) is 0 Å². The van der Waals surface area contributed by atoms with Gasteiger partial charge in [-0.3, -0.25) is 9.59 Å². The van der Waals surface area contributed by atoms with E-state index in [2.05, 4.69) is 34.6 Å². The summed E-state index contributed by atoms with van der Waals surface area (Å²) in [6, 6.07) is 0. The molecule has 8 atom stereocenters. The minimum absolute atomic E-state index is 0.0516. The fourth-order valence-electron chi connectivity index (χ4n) is 4.84. The van der Waals surface area contributed by atoms with Crippen molar-refractivity contribution in [3.63, 3.8) is 0 Å². The van der Waals surface area contributed by atoms with Crippen LogP contribution in [0.15, 0.2) is 0 Å². The molecule has 4 nitrogen and oxygen atoms in total. The molecule has 0 aromatic carbocycles. The number of carbonyl (C=O) groups excluding carboxylic acids is 2. The maximum absolute atomic E-state index is 13.1. The Kier molecular flexibility index (Phi) is 7.95. The summed E-state index contributed by atoms with van der Waals surface area (Å²) in [5, 5.41) is 11.0. The standard InChI is InChI=1S/C24H44O4/c1-13-12-23(8,9)18(6)15(3)14(2)16(4)22(27)28-19(7)24(10,11)21(26)17(5)20(13)25/h13-19,21,26H,12H2,1-11H3. The Bertz CT molecular complexity index is 565. The lowest BCUT2D eigenvalue weighted by molar-refractivity contribution is -0.169. The van der Waals surface area contributed by atoms with Crippen LogP contribution in [0.1, 0.15) is 82.6 Å². The van der Waals surface area contributed by atoms with Gasteiger partial charge in [0.05, 0.1) is 12.0 Å². The highest BCUT2D eigenvalue weighted by molar-refractivity contribution is 5.83. The van der Waals surface area contributed by atoms with E-state index in [1.54, 1.807) is 6.92 Å². The summed E-state index contributed by atoms with van der Waals surface area (Å²) in [7, 11) is 0. The van der Waals surface area contributed by atoms with Crippen molar-refractivity contribution >= 4 is 11.8 Å². The van der Waals surface area contributed by atoms with Crippen LogP contribution in [0.3, 0.4) is 0 Å². The fourth-order valence-corrected chi connectivity index (χ4v) is 4.84. The first-order valence-corrected chi connectivity index (χ1v) is 11.0. The topological polar surface area (TPSA) is 63.6 Å². The molecule has 1 fully saturated rings. The van der Waals surface area contributed by atoms with Crippen molar-refractivity contribution in [2.24, 2.45) is 46.3 Å². The van der Waals surface area contributed by atoms with Crippen LogP contribution in [0.4, 0.5) is 0 Å². The lowest BCUT2D eigenvalue weighted by atomic mass is 9.63. The maximum atomic E-state index is 13.1. The molecule has 1 aliphatic heterocycles. The molecule has 0 amide bonds. The molecule has 0 bridgehead atoms. The number of esters is 1. The number of aliphatic hydroxyl groups is 1. The summed E-state index contributed by atoms with van der Waals surface area (Å²) in [6.45, 7) is 22.3. The van der Waals surface area contributed by atoms with Crippen LogP contribution in [0, 0.1) is 46.3 Å². The minimum Gasteiger partial charge on any atom is -0.462 e. The van der Waals surface area contributed by atoms with Crippen LogP contribution in [0.2, 0.25) is 0 Å². The van der Waals surface area contributed by atoms with E-state index in [-0.39, 0.29) is 34.9 Å². The largest absolute Gasteiger partial charge is 0.462 e. The van der Waals surface area contributed by atoms with Gasteiger partial charge >= 0.3 is 5.97 Å². The molecular weight excluding hydrogens is 352 g/mol. The van der Waals surface area contributed by atoms with Gasteiger partial charge in [0.1, 0.15) is 11.9 Å². The van der Waals surface area contributed by atoms with Crippen molar-refractivity contribution in [3.8, 4) is 0 Å². The number of ketones is 1. The van der Waals surface area contributed by atoms with Crippen LogP contribution < -0.4 is 0 Å². The van der Waals surface area contributed by atoms with E-state index in [1.807, 2.05) is 34.6 Å². The predicted octanol–water partition coefficient (Wildman–Crippen LogP) is 5.12. The molecule has 0 saturated carbocycles. The second-order valence-electron chi connectivity index (χ2n) is 10.9. The Morgan fingerprint density at radius 1 is 0.857 bits per heavy atom. The molecule has 0 aromatic heterocycles. The van der Waals surface area contributed by atoms with Gasteiger partial charge in [0.2, 0.25) is 0 Å². The van der Waals surface area contributed by atoms with Gasteiger partial charge in [0.25, 0.3) is 0 Å². The number of hydrogen-bond acceptors (Lipinski definition) is 4. The second kappa shape index (κ2) is 8.85. The summed E-state index contributed by atoms with van der Waals surface area (Å²) < 4.78 is 5.80. The number of aliphatic hydroxyl groups excluding tert-OH is 1. The zero-order valence-electron chi connectivity index (χ0n) is 20.0. The average Bonchev–Trinajstić information content (AvgIpc) is 2.62. The van der Waals surface area contributed by atoms with E-state index in [1.165, 1.54) is 0 Å². The van der Waals surface area contributed by atoms with Crippen LogP contribution >= 0.6 is 0 Å². The summed E-state index contributed by atoms with van der Waals surface area (Å²) in [4.78, 5) is 25.9. The van der Waals surface area contributed by atoms with Crippen LogP contribution in [-0.2, 0) is 14.3 Å². The van der Waals surface area contributed by atoms with E-state index in [9.17, 15) is 14.7 Å². The van der Waals surface area contributed by atoms with Crippen molar-refractivity contribution in [1.82, 2.24) is 0 Å². The number of ether oxygens (including phenoxy) is 1. The first-order valence-electron chi connectivity index (χ1n) is 11.0. The zero-order valence-corrected chi connectivity index (χ0v) is 20.0. The third-order valence-electron chi connectivity index (χ3n) is 8.35. The molecule has 164 valence electrons. The third kappa shape index (κ3) is 4.98. The Hall–Kier alpha value is -0.900. The highest BCUT2D eigenvalue weighted by Crippen LogP contribution is 2.44. The summed E-state index contributed by atoms with van der Waals surface area (Å²) >= 11 is 0. The van der Waals surface area contributed by atoms with Crippen molar-refractivity contribution in [3.05, 3.63) is 0 Å². The van der Waals surface area contributed by atoms with Crippen LogP contribution in [0.25, 0.3) is 0 Å². The molecule has 1 heterocycles. The van der Waals surface area contributed by atoms with Gasteiger partial charge < -0.3 is 9.84 Å². The first kappa shape index (κ1) is 25.1. The molecule has 1 aliphatic rings. The van der Waals surface area contributed by atoms with Crippen molar-refractivity contribution in [2.45, 2.75) is 94.8 Å². The molecule has 0 aliphatic carbocycles. The van der Waals surface area contributed by atoms with Crippen LogP contribution in [0.5, 0.6) is 0 Å². The zero-order chi connectivity index (χ0) is 22.2. The molecule has 1 rings (SSSR count). The number of carbonyl (C=O) groups is 2. The normalized spacial score (nSPS) is 43.1. The van der Waals surface area contributed by atoms with Crippen molar-refractivity contribution in [2.75, 3.05) is 0 Å². The smallest absolute Gasteiger partial charge is 0.309 e. The van der Waals surface area contributed by atoms with E-state index in [0.29, 0.717) is 11.8 Å². The maximum Gasteiger partial charge on any atom is 0.309 e. The fraction of sp³-hybridized carbons (Fsp3) is 0.917. The van der Waals surface area contributed by atoms with Gasteiger partial charge in [-0.05, 0) is 36.5 Å². The molecule has 0 spiro atoms.